The van der Waals surface area contributed by atoms with Crippen LogP contribution >= 0.6 is 0 Å². The Morgan fingerprint density at radius 1 is 0.938 bits per heavy atom. The van der Waals surface area contributed by atoms with Crippen LogP contribution in [0.2, 0.25) is 0 Å². The monoisotopic (exact) mass is 422 g/mol. The third-order valence-electron chi connectivity index (χ3n) is 5.74. The minimum Gasteiger partial charge on any atom is -0.272 e. The first kappa shape index (κ1) is 20.1. The molecule has 32 heavy (non-hydrogen) atoms. The molecule has 0 unspecified atom stereocenters. The highest BCUT2D eigenvalue weighted by Crippen LogP contribution is 2.34. The van der Waals surface area contributed by atoms with Crippen LogP contribution in [0.25, 0.3) is 44.7 Å². The number of aromatic nitrogens is 6. The molecule has 0 spiro atoms. The Labute approximate surface area is 187 Å². The molecule has 4 aromatic heterocycles. The van der Waals surface area contributed by atoms with Gasteiger partial charge in [-0.3, -0.25) is 14.3 Å². The van der Waals surface area contributed by atoms with Crippen molar-refractivity contribution in [2.45, 2.75) is 26.8 Å². The highest BCUT2D eigenvalue weighted by atomic mass is 15.3. The van der Waals surface area contributed by atoms with Gasteiger partial charge in [0.15, 0.2) is 0 Å². The van der Waals surface area contributed by atoms with Crippen molar-refractivity contribution in [3.05, 3.63) is 73.3 Å². The summed E-state index contributed by atoms with van der Waals surface area (Å²) in [6.45, 7) is 5.38. The second kappa shape index (κ2) is 8.38. The topological polar surface area (TPSA) is 61.4 Å². The maximum atomic E-state index is 5.09. The fourth-order valence-corrected chi connectivity index (χ4v) is 3.91. The van der Waals surface area contributed by atoms with E-state index in [0.29, 0.717) is 5.92 Å². The second-order valence-corrected chi connectivity index (χ2v) is 8.52. The van der Waals surface area contributed by atoms with Crippen LogP contribution in [-0.2, 0) is 13.6 Å². The number of hydrogen-bond acceptors (Lipinski definition) is 4. The molecule has 5 rings (SSSR count). The predicted molar refractivity (Wildman–Crippen MR) is 128 cm³/mol. The zero-order chi connectivity index (χ0) is 22.1. The molecule has 0 bridgehead atoms. The Hall–Kier alpha value is -3.80. The molecule has 0 amide bonds. The van der Waals surface area contributed by atoms with E-state index in [-0.39, 0.29) is 0 Å². The molecule has 5 aromatic rings. The fourth-order valence-electron chi connectivity index (χ4n) is 3.91. The Morgan fingerprint density at radius 3 is 2.66 bits per heavy atom. The van der Waals surface area contributed by atoms with Gasteiger partial charge in [0.25, 0.3) is 0 Å². The van der Waals surface area contributed by atoms with E-state index < -0.39 is 0 Å². The number of benzene rings is 1. The van der Waals surface area contributed by atoms with Crippen LogP contribution in [0.5, 0.6) is 0 Å². The molecule has 0 atom stereocenters. The quantitative estimate of drug-likeness (QED) is 0.357. The van der Waals surface area contributed by atoms with E-state index in [2.05, 4.69) is 71.6 Å². The average Bonchev–Trinajstić information content (AvgIpc) is 3.46. The third-order valence-corrected chi connectivity index (χ3v) is 5.74. The molecule has 0 aliphatic rings. The van der Waals surface area contributed by atoms with Gasteiger partial charge in [0.2, 0.25) is 0 Å². The lowest BCUT2D eigenvalue weighted by Crippen LogP contribution is -2.01. The summed E-state index contributed by atoms with van der Waals surface area (Å²) in [5.41, 5.74) is 6.89. The van der Waals surface area contributed by atoms with Gasteiger partial charge in [-0.25, -0.2) is 4.98 Å². The molecule has 0 saturated heterocycles. The van der Waals surface area contributed by atoms with Gasteiger partial charge >= 0.3 is 0 Å². The van der Waals surface area contributed by atoms with Crippen LogP contribution < -0.4 is 0 Å². The van der Waals surface area contributed by atoms with E-state index in [1.165, 1.54) is 0 Å². The summed E-state index contributed by atoms with van der Waals surface area (Å²) in [7, 11) is 1.93. The minimum atomic E-state index is 0.642. The second-order valence-electron chi connectivity index (χ2n) is 8.52. The lowest BCUT2D eigenvalue weighted by Gasteiger charge is -2.11. The van der Waals surface area contributed by atoms with Gasteiger partial charge in [0.1, 0.15) is 0 Å². The van der Waals surface area contributed by atoms with E-state index in [4.69, 9.17) is 4.98 Å². The molecule has 0 aliphatic heterocycles. The van der Waals surface area contributed by atoms with Crippen molar-refractivity contribution in [2.75, 3.05) is 0 Å². The lowest BCUT2D eigenvalue weighted by molar-refractivity contribution is 0.487. The van der Waals surface area contributed by atoms with Crippen molar-refractivity contribution in [3.8, 4) is 33.8 Å². The van der Waals surface area contributed by atoms with Crippen molar-refractivity contribution < 1.29 is 0 Å². The standard InChI is InChI=1S/C26H26N6/c1-18(2)11-14-32-17-21(16-29-32)22-8-9-23(25-10-13-28-31(25)3)30-26(22)20-7-6-19-5-4-12-27-24(19)15-20/h4-10,12-13,15-18H,11,14H2,1-3H3. The number of nitrogens with zero attached hydrogens (tertiary/aromatic N) is 6. The van der Waals surface area contributed by atoms with E-state index in [9.17, 15) is 0 Å². The first-order valence-electron chi connectivity index (χ1n) is 11.0. The summed E-state index contributed by atoms with van der Waals surface area (Å²) in [6, 6.07) is 16.5. The van der Waals surface area contributed by atoms with Gasteiger partial charge < -0.3 is 0 Å². The van der Waals surface area contributed by atoms with E-state index in [1.54, 1.807) is 6.20 Å². The summed E-state index contributed by atoms with van der Waals surface area (Å²) in [4.78, 5) is 9.63. The van der Waals surface area contributed by atoms with Crippen LogP contribution in [0.4, 0.5) is 0 Å². The van der Waals surface area contributed by atoms with E-state index in [1.807, 2.05) is 40.9 Å². The zero-order valence-corrected chi connectivity index (χ0v) is 18.6. The summed E-state index contributed by atoms with van der Waals surface area (Å²) in [5, 5.41) is 10.0. The molecule has 160 valence electrons. The average molecular weight is 423 g/mol. The maximum Gasteiger partial charge on any atom is 0.0890 e. The first-order valence-corrected chi connectivity index (χ1v) is 11.0. The fraction of sp³-hybridized carbons (Fsp3) is 0.231. The number of rotatable bonds is 6. The molecule has 6 nitrogen and oxygen atoms in total. The van der Waals surface area contributed by atoms with Gasteiger partial charge in [-0.1, -0.05) is 32.0 Å². The predicted octanol–water partition coefficient (Wildman–Crippen LogP) is 5.61. The summed E-state index contributed by atoms with van der Waals surface area (Å²) in [5.74, 6) is 0.642. The molecule has 0 saturated carbocycles. The highest BCUT2D eigenvalue weighted by Gasteiger charge is 2.15. The van der Waals surface area contributed by atoms with Gasteiger partial charge in [-0.15, -0.1) is 0 Å². The molecule has 0 fully saturated rings. The first-order chi connectivity index (χ1) is 15.6. The highest BCUT2D eigenvalue weighted by molar-refractivity contribution is 5.88. The Morgan fingerprint density at radius 2 is 1.84 bits per heavy atom. The van der Waals surface area contributed by atoms with Gasteiger partial charge in [-0.05, 0) is 42.7 Å². The summed E-state index contributed by atoms with van der Waals surface area (Å²) in [6.07, 6.45) is 8.77. The number of pyridine rings is 2. The van der Waals surface area contributed by atoms with Gasteiger partial charge in [0, 0.05) is 54.3 Å². The van der Waals surface area contributed by atoms with Crippen molar-refractivity contribution in [1.82, 2.24) is 29.5 Å². The summed E-state index contributed by atoms with van der Waals surface area (Å²) < 4.78 is 3.87. The smallest absolute Gasteiger partial charge is 0.0890 e. The van der Waals surface area contributed by atoms with Crippen LogP contribution in [-0.4, -0.2) is 29.5 Å². The number of fused-ring (bicyclic) bond motifs is 1. The molecular weight excluding hydrogens is 396 g/mol. The molecule has 1 aromatic carbocycles. The van der Waals surface area contributed by atoms with E-state index >= 15 is 0 Å². The van der Waals surface area contributed by atoms with Gasteiger partial charge in [-0.2, -0.15) is 10.2 Å². The Kier molecular flexibility index (Phi) is 5.27. The molecule has 6 heteroatoms. The largest absolute Gasteiger partial charge is 0.272 e. The van der Waals surface area contributed by atoms with Crippen LogP contribution in [0.15, 0.2) is 73.3 Å². The number of aryl methyl sites for hydroxylation is 2. The van der Waals surface area contributed by atoms with Crippen molar-refractivity contribution >= 4 is 10.9 Å². The Balaban J connectivity index is 1.63. The van der Waals surface area contributed by atoms with Crippen LogP contribution in [0.1, 0.15) is 20.3 Å². The maximum absolute atomic E-state index is 5.09. The molecule has 0 aliphatic carbocycles. The molecule has 4 heterocycles. The van der Waals surface area contributed by atoms with E-state index in [0.717, 1.165) is 57.6 Å². The van der Waals surface area contributed by atoms with Gasteiger partial charge in [0.05, 0.1) is 28.8 Å². The molecular formula is C26H26N6. The van der Waals surface area contributed by atoms with Crippen molar-refractivity contribution in [3.63, 3.8) is 0 Å². The number of hydrogen-bond donors (Lipinski definition) is 0. The van der Waals surface area contributed by atoms with Crippen molar-refractivity contribution in [2.24, 2.45) is 13.0 Å². The lowest BCUT2D eigenvalue weighted by atomic mass is 9.99. The minimum absolute atomic E-state index is 0.642. The van der Waals surface area contributed by atoms with Crippen LogP contribution in [0, 0.1) is 5.92 Å². The molecule has 0 N–H and O–H groups in total. The normalized spacial score (nSPS) is 11.5. The summed E-state index contributed by atoms with van der Waals surface area (Å²) >= 11 is 0. The third kappa shape index (κ3) is 3.91. The van der Waals surface area contributed by atoms with Crippen LogP contribution in [0.3, 0.4) is 0 Å². The Bertz CT molecular complexity index is 1380. The molecule has 0 radical (unpaired) electrons. The van der Waals surface area contributed by atoms with Crippen molar-refractivity contribution in [1.29, 1.82) is 0 Å². The zero-order valence-electron chi connectivity index (χ0n) is 18.6. The SMILES string of the molecule is CC(C)CCn1cc(-c2ccc(-c3ccnn3C)nc2-c2ccc3cccnc3c2)cn1.